The van der Waals surface area contributed by atoms with Crippen molar-refractivity contribution < 1.29 is 19.2 Å². The molecule has 53 heavy (non-hydrogen) atoms. The van der Waals surface area contributed by atoms with E-state index in [-0.39, 0.29) is 17.5 Å². The number of hydrogen-bond acceptors (Lipinski definition) is 5. The second-order valence-corrected chi connectivity index (χ2v) is 14.3. The number of Topliss-reactive ketones (excluding diaryl/α,β-unsaturated/α-hetero) is 2. The number of anilines is 2. The van der Waals surface area contributed by atoms with Crippen molar-refractivity contribution in [1.29, 1.82) is 0 Å². The lowest BCUT2D eigenvalue weighted by Gasteiger charge is -2.35. The highest BCUT2D eigenvalue weighted by Gasteiger charge is 2.47. The van der Waals surface area contributed by atoms with Crippen LogP contribution in [0.5, 0.6) is 0 Å². The first-order chi connectivity index (χ1) is 25.4. The molecular formula is C47H38N2O4. The van der Waals surface area contributed by atoms with Crippen LogP contribution in [0.1, 0.15) is 88.7 Å². The monoisotopic (exact) mass is 694 g/mol. The Morgan fingerprint density at radius 2 is 1.09 bits per heavy atom. The number of aryl methyl sites for hydroxylation is 2. The SMILES string of the molecule is CC(=O)c1ccc(-c2ccc3c(c2)C(=O)N(c2ccc(C4(c5ccc(N(C)C)c(C)c5)c5ccccc5-c5ccccc54)cc2C)C3=O)cc1C(C)=O. The number of hydrogen-bond donors (Lipinski definition) is 0. The molecule has 1 aliphatic carbocycles. The maximum Gasteiger partial charge on any atom is 0.266 e. The Morgan fingerprint density at radius 1 is 0.547 bits per heavy atom. The van der Waals surface area contributed by atoms with E-state index in [0.717, 1.165) is 22.4 Å². The van der Waals surface area contributed by atoms with Crippen molar-refractivity contribution in [3.8, 4) is 22.3 Å². The van der Waals surface area contributed by atoms with Crippen molar-refractivity contribution >= 4 is 34.8 Å². The summed E-state index contributed by atoms with van der Waals surface area (Å²) in [4.78, 5) is 56.0. The van der Waals surface area contributed by atoms with Crippen LogP contribution >= 0.6 is 0 Å². The van der Waals surface area contributed by atoms with Gasteiger partial charge in [0.1, 0.15) is 0 Å². The van der Waals surface area contributed by atoms with E-state index < -0.39 is 11.3 Å². The van der Waals surface area contributed by atoms with E-state index >= 15 is 0 Å². The van der Waals surface area contributed by atoms with Crippen LogP contribution in [0.4, 0.5) is 11.4 Å². The molecule has 1 heterocycles. The number of fused-ring (bicyclic) bond motifs is 4. The lowest BCUT2D eigenvalue weighted by Crippen LogP contribution is -2.31. The number of carbonyl (C=O) groups is 4. The molecule has 0 aromatic heterocycles. The molecule has 6 nitrogen and oxygen atoms in total. The molecule has 0 spiro atoms. The fraction of sp³-hybridized carbons (Fsp3) is 0.149. The lowest BCUT2D eigenvalue weighted by atomic mass is 9.67. The fourth-order valence-corrected chi connectivity index (χ4v) is 8.52. The van der Waals surface area contributed by atoms with E-state index in [1.54, 1.807) is 36.4 Å². The third-order valence-corrected chi connectivity index (χ3v) is 10.9. The van der Waals surface area contributed by atoms with E-state index in [9.17, 15) is 19.2 Å². The summed E-state index contributed by atoms with van der Waals surface area (Å²) < 4.78 is 0. The number of benzene rings is 6. The van der Waals surface area contributed by atoms with Gasteiger partial charge in [0.2, 0.25) is 0 Å². The maximum absolute atomic E-state index is 14.1. The van der Waals surface area contributed by atoms with Gasteiger partial charge in [-0.1, -0.05) is 91.0 Å². The summed E-state index contributed by atoms with van der Waals surface area (Å²) in [6, 6.07) is 40.1. The van der Waals surface area contributed by atoms with Crippen molar-refractivity contribution in [2.24, 2.45) is 0 Å². The van der Waals surface area contributed by atoms with Gasteiger partial charge in [0, 0.05) is 30.9 Å². The molecule has 260 valence electrons. The first kappa shape index (κ1) is 33.7. The standard InChI is InChI=1S/C47H38N2O4/c1-27-23-33(17-21-43(27)48(5)6)47(41-13-9-7-11-36(41)37-12-8-10-14-42(37)47)34-18-22-44(28(2)24-34)49-45(52)38-20-16-32(26-40(38)46(49)53)31-15-19-35(29(3)50)39(25-31)30(4)51/h7-26H,1-6H3. The minimum Gasteiger partial charge on any atom is -0.377 e. The van der Waals surface area contributed by atoms with Gasteiger partial charge < -0.3 is 4.90 Å². The Labute approximate surface area is 309 Å². The van der Waals surface area contributed by atoms with Crippen LogP contribution < -0.4 is 9.80 Å². The molecule has 1 aliphatic heterocycles. The Balaban J connectivity index is 1.24. The Hall–Kier alpha value is -6.40. The lowest BCUT2D eigenvalue weighted by molar-refractivity contribution is 0.0923. The molecule has 0 fully saturated rings. The number of nitrogens with zero attached hydrogens (tertiary/aromatic N) is 2. The quantitative estimate of drug-likeness (QED) is 0.123. The van der Waals surface area contributed by atoms with Crippen LogP contribution in [0.2, 0.25) is 0 Å². The maximum atomic E-state index is 14.1. The normalized spacial score (nSPS) is 13.8. The molecule has 0 radical (unpaired) electrons. The summed E-state index contributed by atoms with van der Waals surface area (Å²) in [6.45, 7) is 6.95. The predicted octanol–water partition coefficient (Wildman–Crippen LogP) is 9.61. The van der Waals surface area contributed by atoms with Crippen LogP contribution in [0.15, 0.2) is 121 Å². The first-order valence-corrected chi connectivity index (χ1v) is 17.7. The fourth-order valence-electron chi connectivity index (χ4n) is 8.52. The van der Waals surface area contributed by atoms with E-state index in [4.69, 9.17) is 0 Å². The number of carbonyl (C=O) groups excluding carboxylic acids is 4. The number of ketones is 2. The summed E-state index contributed by atoms with van der Waals surface area (Å²) in [5, 5.41) is 0. The van der Waals surface area contributed by atoms with Crippen molar-refractivity contribution in [1.82, 2.24) is 0 Å². The van der Waals surface area contributed by atoms with Gasteiger partial charge in [0.15, 0.2) is 11.6 Å². The van der Waals surface area contributed by atoms with Gasteiger partial charge in [0.25, 0.3) is 11.8 Å². The molecule has 0 unspecified atom stereocenters. The van der Waals surface area contributed by atoms with Gasteiger partial charge in [-0.3, -0.25) is 19.2 Å². The third kappa shape index (κ3) is 5.01. The number of rotatable bonds is 7. The van der Waals surface area contributed by atoms with Gasteiger partial charge in [0.05, 0.1) is 22.2 Å². The van der Waals surface area contributed by atoms with Crippen LogP contribution in [0.3, 0.4) is 0 Å². The topological polar surface area (TPSA) is 74.8 Å². The van der Waals surface area contributed by atoms with E-state index in [2.05, 4.69) is 105 Å². The zero-order chi connectivity index (χ0) is 37.3. The molecule has 0 saturated heterocycles. The highest BCUT2D eigenvalue weighted by atomic mass is 16.2. The average Bonchev–Trinajstić information content (AvgIpc) is 3.59. The minimum absolute atomic E-state index is 0.196. The van der Waals surface area contributed by atoms with Gasteiger partial charge in [-0.25, -0.2) is 4.90 Å². The van der Waals surface area contributed by atoms with Crippen LogP contribution in [0.25, 0.3) is 22.3 Å². The molecule has 2 amide bonds. The summed E-state index contributed by atoms with van der Waals surface area (Å²) in [5.41, 5.74) is 12.6. The van der Waals surface area contributed by atoms with Crippen molar-refractivity contribution in [3.63, 3.8) is 0 Å². The number of imide groups is 1. The Kier molecular flexibility index (Phi) is 7.88. The minimum atomic E-state index is -0.639. The summed E-state index contributed by atoms with van der Waals surface area (Å²) in [7, 11) is 4.11. The second-order valence-electron chi connectivity index (χ2n) is 14.3. The molecule has 0 bridgehead atoms. The first-order valence-electron chi connectivity index (χ1n) is 17.7. The largest absolute Gasteiger partial charge is 0.377 e. The zero-order valence-corrected chi connectivity index (χ0v) is 30.6. The van der Waals surface area contributed by atoms with Gasteiger partial charge in [-0.15, -0.1) is 0 Å². The van der Waals surface area contributed by atoms with Gasteiger partial charge in [-0.05, 0) is 114 Å². The summed E-state index contributed by atoms with van der Waals surface area (Å²) in [6.07, 6.45) is 0. The van der Waals surface area contributed by atoms with Crippen LogP contribution in [-0.4, -0.2) is 37.5 Å². The molecule has 2 aliphatic rings. The molecule has 0 saturated carbocycles. The van der Waals surface area contributed by atoms with E-state index in [1.165, 1.54) is 46.6 Å². The molecule has 8 rings (SSSR count). The van der Waals surface area contributed by atoms with Crippen molar-refractivity contribution in [2.75, 3.05) is 23.9 Å². The van der Waals surface area contributed by atoms with Crippen molar-refractivity contribution in [3.05, 3.63) is 177 Å². The summed E-state index contributed by atoms with van der Waals surface area (Å²) in [5.74, 6) is -1.21. The molecule has 0 atom stereocenters. The number of amides is 2. The second kappa shape index (κ2) is 12.4. The Bertz CT molecular complexity index is 2530. The highest BCUT2D eigenvalue weighted by Crippen LogP contribution is 2.56. The average molecular weight is 695 g/mol. The van der Waals surface area contributed by atoms with E-state index in [0.29, 0.717) is 39.1 Å². The predicted molar refractivity (Wildman–Crippen MR) is 211 cm³/mol. The molecule has 6 heteroatoms. The molecule has 6 aromatic rings. The zero-order valence-electron chi connectivity index (χ0n) is 30.6. The van der Waals surface area contributed by atoms with Gasteiger partial charge >= 0.3 is 0 Å². The third-order valence-electron chi connectivity index (χ3n) is 10.9. The molecule has 0 N–H and O–H groups in total. The summed E-state index contributed by atoms with van der Waals surface area (Å²) >= 11 is 0. The van der Waals surface area contributed by atoms with E-state index in [1.807, 2.05) is 13.0 Å². The van der Waals surface area contributed by atoms with Crippen molar-refractivity contribution in [2.45, 2.75) is 33.1 Å². The van der Waals surface area contributed by atoms with Crippen LogP contribution in [-0.2, 0) is 5.41 Å². The molecular weight excluding hydrogens is 657 g/mol. The Morgan fingerprint density at radius 3 is 1.68 bits per heavy atom. The highest BCUT2D eigenvalue weighted by molar-refractivity contribution is 6.35. The van der Waals surface area contributed by atoms with Gasteiger partial charge in [-0.2, -0.15) is 0 Å². The molecule has 6 aromatic carbocycles. The van der Waals surface area contributed by atoms with Crippen LogP contribution in [0, 0.1) is 13.8 Å². The smallest absolute Gasteiger partial charge is 0.266 e.